The lowest BCUT2D eigenvalue weighted by Crippen LogP contribution is -1.81. The third kappa shape index (κ3) is 11.7. The number of carbonyl (C=O) groups is 1. The molecule has 0 unspecified atom stereocenters. The van der Waals surface area contributed by atoms with Crippen LogP contribution in [-0.2, 0) is 4.79 Å². The van der Waals surface area contributed by atoms with Gasteiger partial charge in [0.05, 0.1) is 0 Å². The van der Waals surface area contributed by atoms with Crippen molar-refractivity contribution in [3.8, 4) is 0 Å². The van der Waals surface area contributed by atoms with E-state index in [-0.39, 0.29) is 0 Å². The summed E-state index contributed by atoms with van der Waals surface area (Å²) in [6.45, 7) is 4.34. The van der Waals surface area contributed by atoms with E-state index in [1.807, 2.05) is 6.08 Å². The van der Waals surface area contributed by atoms with Crippen LogP contribution in [0.1, 0.15) is 84.5 Å². The number of rotatable bonds is 12. The predicted octanol–water partition coefficient (Wildman–Crippen LogP) is 5.60. The quantitative estimate of drug-likeness (QED) is 0.191. The van der Waals surface area contributed by atoms with Gasteiger partial charge in [-0.15, -0.1) is 5.73 Å². The van der Waals surface area contributed by atoms with E-state index in [1.54, 1.807) is 0 Å². The van der Waals surface area contributed by atoms with Crippen LogP contribution < -0.4 is 0 Å². The first-order valence-electron chi connectivity index (χ1n) is 7.74. The predicted molar refractivity (Wildman–Crippen MR) is 79.8 cm³/mol. The molecule has 0 atom stereocenters. The summed E-state index contributed by atoms with van der Waals surface area (Å²) in [5.74, 6) is 0. The fourth-order valence-electron chi connectivity index (χ4n) is 2.02. The van der Waals surface area contributed by atoms with Crippen LogP contribution in [0.25, 0.3) is 0 Å². The van der Waals surface area contributed by atoms with Gasteiger partial charge in [0.15, 0.2) is 6.29 Å². The summed E-state index contributed by atoms with van der Waals surface area (Å²) in [7, 11) is 0. The van der Waals surface area contributed by atoms with Crippen molar-refractivity contribution in [2.45, 2.75) is 84.5 Å². The van der Waals surface area contributed by atoms with E-state index in [2.05, 4.69) is 19.6 Å². The summed E-state index contributed by atoms with van der Waals surface area (Å²) >= 11 is 0. The molecule has 18 heavy (non-hydrogen) atoms. The number of carbonyl (C=O) groups excluding carboxylic acids is 1. The smallest absolute Gasteiger partial charge is 0.153 e. The first-order chi connectivity index (χ1) is 8.85. The van der Waals surface area contributed by atoms with Crippen molar-refractivity contribution >= 4 is 6.29 Å². The van der Waals surface area contributed by atoms with Gasteiger partial charge < -0.3 is 0 Å². The maximum atomic E-state index is 10.7. The van der Waals surface area contributed by atoms with Gasteiger partial charge in [-0.25, -0.2) is 0 Å². The zero-order valence-corrected chi connectivity index (χ0v) is 12.3. The van der Waals surface area contributed by atoms with Crippen molar-refractivity contribution < 1.29 is 4.79 Å². The Balaban J connectivity index is 3.43. The van der Waals surface area contributed by atoms with E-state index in [1.165, 1.54) is 51.4 Å². The van der Waals surface area contributed by atoms with Crippen molar-refractivity contribution in [2.24, 2.45) is 0 Å². The minimum Gasteiger partial charge on any atom is -0.298 e. The molecule has 1 nitrogen and oxygen atoms in total. The van der Waals surface area contributed by atoms with Crippen LogP contribution in [0, 0.1) is 0 Å². The Morgan fingerprint density at radius 1 is 0.889 bits per heavy atom. The van der Waals surface area contributed by atoms with Gasteiger partial charge in [-0.2, -0.15) is 0 Å². The van der Waals surface area contributed by atoms with E-state index in [0.29, 0.717) is 0 Å². The van der Waals surface area contributed by atoms with Gasteiger partial charge in [-0.05, 0) is 25.3 Å². The lowest BCUT2D eigenvalue weighted by Gasteiger charge is -1.99. The number of allylic oxidation sites excluding steroid dienone is 1. The molecule has 0 amide bonds. The molecule has 0 aliphatic rings. The second-order valence-electron chi connectivity index (χ2n) is 5.01. The van der Waals surface area contributed by atoms with Gasteiger partial charge in [0, 0.05) is 5.57 Å². The first-order valence-corrected chi connectivity index (χ1v) is 7.74. The highest BCUT2D eigenvalue weighted by atomic mass is 16.1. The number of hydrogen-bond donors (Lipinski definition) is 0. The van der Waals surface area contributed by atoms with Gasteiger partial charge in [-0.3, -0.25) is 4.79 Å². The summed E-state index contributed by atoms with van der Waals surface area (Å²) in [6.07, 6.45) is 16.7. The molecule has 0 rings (SSSR count). The molecule has 0 saturated carbocycles. The third-order valence-corrected chi connectivity index (χ3v) is 3.15. The van der Waals surface area contributed by atoms with E-state index in [4.69, 9.17) is 0 Å². The Labute approximate surface area is 113 Å². The van der Waals surface area contributed by atoms with Crippen molar-refractivity contribution in [1.29, 1.82) is 0 Å². The molecule has 0 saturated heterocycles. The Bertz CT molecular complexity index is 246. The molecular weight excluding hydrogens is 220 g/mol. The molecule has 0 aliphatic carbocycles. The number of hydrogen-bond acceptors (Lipinski definition) is 1. The van der Waals surface area contributed by atoms with E-state index < -0.39 is 0 Å². The fourth-order valence-corrected chi connectivity index (χ4v) is 2.02. The van der Waals surface area contributed by atoms with Gasteiger partial charge in [-0.1, -0.05) is 65.2 Å². The average Bonchev–Trinajstić information content (AvgIpc) is 2.39. The lowest BCUT2D eigenvalue weighted by molar-refractivity contribution is -0.105. The Hall–Kier alpha value is -0.810. The molecule has 0 aromatic carbocycles. The average molecular weight is 250 g/mol. The Kier molecular flexibility index (Phi) is 13.6. The standard InChI is InChI=1S/C17H30O/c1-3-5-6-7-8-9-10-11-12-13-15-17(16-18)14-4-2/h13,16H,3-12,14H2,1-2H3. The monoisotopic (exact) mass is 250 g/mol. The maximum Gasteiger partial charge on any atom is 0.153 e. The van der Waals surface area contributed by atoms with Crippen molar-refractivity contribution in [3.05, 3.63) is 17.4 Å². The molecule has 0 aromatic rings. The van der Waals surface area contributed by atoms with Crippen molar-refractivity contribution in [1.82, 2.24) is 0 Å². The second-order valence-corrected chi connectivity index (χ2v) is 5.01. The minimum absolute atomic E-state index is 0.817. The van der Waals surface area contributed by atoms with E-state index in [0.717, 1.165) is 31.1 Å². The third-order valence-electron chi connectivity index (χ3n) is 3.15. The van der Waals surface area contributed by atoms with E-state index in [9.17, 15) is 4.79 Å². The zero-order valence-electron chi connectivity index (χ0n) is 12.3. The van der Waals surface area contributed by atoms with Crippen LogP contribution in [0.15, 0.2) is 17.4 Å². The summed E-state index contributed by atoms with van der Waals surface area (Å²) in [6, 6.07) is 0. The molecule has 0 N–H and O–H groups in total. The second kappa shape index (κ2) is 14.3. The molecule has 0 spiro atoms. The van der Waals surface area contributed by atoms with E-state index >= 15 is 0 Å². The summed E-state index contributed by atoms with van der Waals surface area (Å²) in [4.78, 5) is 10.7. The molecule has 0 radical (unpaired) electrons. The number of unbranched alkanes of at least 4 members (excludes halogenated alkanes) is 8. The van der Waals surface area contributed by atoms with Crippen molar-refractivity contribution in [3.63, 3.8) is 0 Å². The number of aldehydes is 1. The lowest BCUT2D eigenvalue weighted by atomic mass is 10.1. The molecule has 0 heterocycles. The first kappa shape index (κ1) is 17.2. The van der Waals surface area contributed by atoms with Gasteiger partial charge in [0.25, 0.3) is 0 Å². The molecular formula is C17H30O. The van der Waals surface area contributed by atoms with Crippen LogP contribution >= 0.6 is 0 Å². The molecule has 104 valence electrons. The Morgan fingerprint density at radius 3 is 2.06 bits per heavy atom. The molecule has 0 bridgehead atoms. The van der Waals surface area contributed by atoms with Crippen LogP contribution in [0.2, 0.25) is 0 Å². The highest BCUT2D eigenvalue weighted by molar-refractivity contribution is 5.72. The highest BCUT2D eigenvalue weighted by Gasteiger charge is 1.91. The molecule has 0 aromatic heterocycles. The molecule has 1 heteroatoms. The van der Waals surface area contributed by atoms with Gasteiger partial charge in [0.2, 0.25) is 0 Å². The van der Waals surface area contributed by atoms with Gasteiger partial charge >= 0.3 is 0 Å². The topological polar surface area (TPSA) is 17.1 Å². The molecule has 0 fully saturated rings. The molecule has 0 aliphatic heterocycles. The fraction of sp³-hybridized carbons (Fsp3) is 0.765. The summed E-state index contributed by atoms with van der Waals surface area (Å²) in [5, 5.41) is 0. The van der Waals surface area contributed by atoms with Gasteiger partial charge in [0.1, 0.15) is 0 Å². The Morgan fingerprint density at radius 2 is 1.50 bits per heavy atom. The normalized spacial score (nSPS) is 9.89. The van der Waals surface area contributed by atoms with Crippen LogP contribution in [0.5, 0.6) is 0 Å². The van der Waals surface area contributed by atoms with Crippen LogP contribution in [0.3, 0.4) is 0 Å². The maximum absolute atomic E-state index is 10.7. The summed E-state index contributed by atoms with van der Waals surface area (Å²) in [5.41, 5.74) is 3.93. The van der Waals surface area contributed by atoms with Crippen molar-refractivity contribution in [2.75, 3.05) is 0 Å². The van der Waals surface area contributed by atoms with Crippen LogP contribution in [-0.4, -0.2) is 6.29 Å². The highest BCUT2D eigenvalue weighted by Crippen LogP contribution is 2.09. The minimum atomic E-state index is 0.817. The van der Waals surface area contributed by atoms with Crippen LogP contribution in [0.4, 0.5) is 0 Å². The summed E-state index contributed by atoms with van der Waals surface area (Å²) < 4.78 is 0. The zero-order chi connectivity index (χ0) is 13.5. The SMILES string of the molecule is CCCCCCCCCCC=C=C(C=O)CCC. The largest absolute Gasteiger partial charge is 0.298 e.